The second kappa shape index (κ2) is 7.81. The summed E-state index contributed by atoms with van der Waals surface area (Å²) in [5, 5.41) is 5.89. The van der Waals surface area contributed by atoms with Gasteiger partial charge in [0.2, 0.25) is 0 Å². The highest BCUT2D eigenvalue weighted by atomic mass is 16.1. The van der Waals surface area contributed by atoms with E-state index in [-0.39, 0.29) is 11.1 Å². The summed E-state index contributed by atoms with van der Waals surface area (Å²) in [5.41, 5.74) is 1.33. The summed E-state index contributed by atoms with van der Waals surface area (Å²) >= 11 is 0. The maximum Gasteiger partial charge on any atom is 0.275 e. The van der Waals surface area contributed by atoms with E-state index in [1.54, 1.807) is 22.9 Å². The largest absolute Gasteiger partial charge is 0.295 e. The van der Waals surface area contributed by atoms with Crippen molar-refractivity contribution in [1.82, 2.24) is 29.0 Å². The van der Waals surface area contributed by atoms with Crippen LogP contribution in [0.1, 0.15) is 5.69 Å². The van der Waals surface area contributed by atoms with E-state index in [9.17, 15) is 9.59 Å². The Hall–Kier alpha value is -3.36. The third-order valence-electron chi connectivity index (χ3n) is 5.57. The van der Waals surface area contributed by atoms with Gasteiger partial charge < -0.3 is 0 Å². The summed E-state index contributed by atoms with van der Waals surface area (Å²) in [7, 11) is 0. The van der Waals surface area contributed by atoms with E-state index < -0.39 is 0 Å². The SMILES string of the molecule is O=c1c2ccccc2cnn1CN1CCN(Cc2cc(=O)n3ccccc3n2)CC1. The van der Waals surface area contributed by atoms with Crippen LogP contribution in [0.5, 0.6) is 0 Å². The van der Waals surface area contributed by atoms with Crippen LogP contribution in [0.4, 0.5) is 0 Å². The Morgan fingerprint density at radius 1 is 0.900 bits per heavy atom. The van der Waals surface area contributed by atoms with Crippen molar-refractivity contribution in [1.29, 1.82) is 0 Å². The molecule has 1 aliphatic rings. The van der Waals surface area contributed by atoms with Gasteiger partial charge in [0.15, 0.2) is 0 Å². The average molecular weight is 402 g/mol. The monoisotopic (exact) mass is 402 g/mol. The molecule has 0 bridgehead atoms. The number of fused-ring (bicyclic) bond motifs is 2. The van der Waals surface area contributed by atoms with Gasteiger partial charge in [0, 0.05) is 50.4 Å². The number of pyridine rings is 1. The Bertz CT molecular complexity index is 1320. The number of rotatable bonds is 4. The predicted octanol–water partition coefficient (Wildman–Crippen LogP) is 1.18. The van der Waals surface area contributed by atoms with Gasteiger partial charge in [-0.2, -0.15) is 5.10 Å². The lowest BCUT2D eigenvalue weighted by Gasteiger charge is -2.34. The molecule has 3 aromatic heterocycles. The van der Waals surface area contributed by atoms with Crippen LogP contribution < -0.4 is 11.1 Å². The van der Waals surface area contributed by atoms with Gasteiger partial charge in [-0.3, -0.25) is 23.8 Å². The van der Waals surface area contributed by atoms with Crippen molar-refractivity contribution in [3.05, 3.63) is 87.3 Å². The van der Waals surface area contributed by atoms with Crippen LogP contribution in [0.2, 0.25) is 0 Å². The zero-order chi connectivity index (χ0) is 20.5. The number of benzene rings is 1. The van der Waals surface area contributed by atoms with E-state index in [2.05, 4.69) is 19.9 Å². The van der Waals surface area contributed by atoms with Gasteiger partial charge >= 0.3 is 0 Å². The number of hydrogen-bond donors (Lipinski definition) is 0. The average Bonchev–Trinajstić information content (AvgIpc) is 2.77. The van der Waals surface area contributed by atoms with Gasteiger partial charge in [-0.05, 0) is 18.2 Å². The number of piperazine rings is 1. The topological polar surface area (TPSA) is 75.7 Å². The maximum absolute atomic E-state index is 12.7. The summed E-state index contributed by atoms with van der Waals surface area (Å²) in [6.07, 6.45) is 3.48. The minimum Gasteiger partial charge on any atom is -0.295 e. The minimum atomic E-state index is -0.0593. The van der Waals surface area contributed by atoms with Crippen LogP contribution >= 0.6 is 0 Å². The molecule has 0 unspecified atom stereocenters. The van der Waals surface area contributed by atoms with E-state index >= 15 is 0 Å². The van der Waals surface area contributed by atoms with Crippen LogP contribution in [0, 0.1) is 0 Å². The molecule has 0 radical (unpaired) electrons. The maximum atomic E-state index is 12.7. The van der Waals surface area contributed by atoms with Gasteiger partial charge in [-0.1, -0.05) is 24.3 Å². The standard InChI is InChI=1S/C22H22N6O2/c29-21-13-18(24-20-7-3-4-8-27(20)21)15-25-9-11-26(12-10-25)16-28-22(30)19-6-2-1-5-17(19)14-23-28/h1-8,13-14H,9-12,15-16H2. The van der Waals surface area contributed by atoms with Crippen molar-refractivity contribution < 1.29 is 0 Å². The molecule has 8 nitrogen and oxygen atoms in total. The van der Waals surface area contributed by atoms with Crippen LogP contribution in [0.3, 0.4) is 0 Å². The molecule has 5 rings (SSSR count). The Labute approximate surface area is 172 Å². The summed E-state index contributed by atoms with van der Waals surface area (Å²) in [6, 6.07) is 14.7. The highest BCUT2D eigenvalue weighted by Crippen LogP contribution is 2.09. The molecule has 0 N–H and O–H groups in total. The first-order valence-electron chi connectivity index (χ1n) is 10.0. The first-order valence-corrected chi connectivity index (χ1v) is 10.0. The van der Waals surface area contributed by atoms with Crippen molar-refractivity contribution in [2.24, 2.45) is 0 Å². The van der Waals surface area contributed by atoms with Crippen molar-refractivity contribution in [2.45, 2.75) is 13.2 Å². The van der Waals surface area contributed by atoms with E-state index in [0.29, 0.717) is 24.2 Å². The molecule has 4 aromatic rings. The second-order valence-electron chi connectivity index (χ2n) is 7.59. The third kappa shape index (κ3) is 3.62. The van der Waals surface area contributed by atoms with Gasteiger partial charge in [0.25, 0.3) is 11.1 Å². The van der Waals surface area contributed by atoms with Gasteiger partial charge in [-0.15, -0.1) is 0 Å². The Morgan fingerprint density at radius 2 is 1.67 bits per heavy atom. The minimum absolute atomic E-state index is 0.0589. The molecular formula is C22H22N6O2. The molecule has 0 atom stereocenters. The van der Waals surface area contributed by atoms with Crippen molar-refractivity contribution in [3.8, 4) is 0 Å². The zero-order valence-electron chi connectivity index (χ0n) is 16.5. The van der Waals surface area contributed by atoms with E-state index in [0.717, 1.165) is 37.3 Å². The fourth-order valence-corrected chi connectivity index (χ4v) is 3.92. The first-order chi connectivity index (χ1) is 14.7. The van der Waals surface area contributed by atoms with Crippen molar-refractivity contribution in [2.75, 3.05) is 26.2 Å². The molecule has 1 fully saturated rings. The number of nitrogens with zero attached hydrogens (tertiary/aromatic N) is 6. The van der Waals surface area contributed by atoms with Crippen molar-refractivity contribution >= 4 is 16.4 Å². The molecule has 0 aliphatic carbocycles. The normalized spacial score (nSPS) is 15.7. The molecule has 0 saturated carbocycles. The molecule has 1 aliphatic heterocycles. The van der Waals surface area contributed by atoms with Gasteiger partial charge in [0.05, 0.1) is 23.9 Å². The molecule has 1 aromatic carbocycles. The van der Waals surface area contributed by atoms with Gasteiger partial charge in [-0.25, -0.2) is 9.67 Å². The van der Waals surface area contributed by atoms with Crippen LogP contribution in [-0.2, 0) is 13.2 Å². The van der Waals surface area contributed by atoms with Crippen LogP contribution in [-0.4, -0.2) is 55.1 Å². The molecule has 0 amide bonds. The van der Waals surface area contributed by atoms with Gasteiger partial charge in [0.1, 0.15) is 5.65 Å². The number of hydrogen-bond acceptors (Lipinski definition) is 6. The summed E-state index contributed by atoms with van der Waals surface area (Å²) in [5.74, 6) is 0. The van der Waals surface area contributed by atoms with Crippen LogP contribution in [0.15, 0.2) is 70.5 Å². The molecular weight excluding hydrogens is 380 g/mol. The molecule has 1 saturated heterocycles. The molecule has 4 heterocycles. The molecule has 152 valence electrons. The molecule has 30 heavy (non-hydrogen) atoms. The van der Waals surface area contributed by atoms with Crippen LogP contribution in [0.25, 0.3) is 16.4 Å². The molecule has 8 heteroatoms. The quantitative estimate of drug-likeness (QED) is 0.510. The predicted molar refractivity (Wildman–Crippen MR) is 114 cm³/mol. The fraction of sp³-hybridized carbons (Fsp3) is 0.273. The third-order valence-corrected chi connectivity index (χ3v) is 5.57. The Morgan fingerprint density at radius 3 is 2.53 bits per heavy atom. The molecule has 0 spiro atoms. The zero-order valence-corrected chi connectivity index (χ0v) is 16.5. The Balaban J connectivity index is 1.24. The smallest absolute Gasteiger partial charge is 0.275 e. The van der Waals surface area contributed by atoms with Crippen molar-refractivity contribution in [3.63, 3.8) is 0 Å². The lowest BCUT2D eigenvalue weighted by Crippen LogP contribution is -2.47. The summed E-state index contributed by atoms with van der Waals surface area (Å²) < 4.78 is 3.08. The summed E-state index contributed by atoms with van der Waals surface area (Å²) in [4.78, 5) is 34.1. The highest BCUT2D eigenvalue weighted by molar-refractivity contribution is 5.80. The first kappa shape index (κ1) is 18.7. The number of aromatic nitrogens is 4. The van der Waals surface area contributed by atoms with E-state index in [4.69, 9.17) is 0 Å². The lowest BCUT2D eigenvalue weighted by atomic mass is 10.2. The fourth-order valence-electron chi connectivity index (χ4n) is 3.92. The highest BCUT2D eigenvalue weighted by Gasteiger charge is 2.19. The summed E-state index contributed by atoms with van der Waals surface area (Å²) in [6.45, 7) is 4.47. The van der Waals surface area contributed by atoms with E-state index in [1.807, 2.05) is 42.5 Å². The lowest BCUT2D eigenvalue weighted by molar-refractivity contribution is 0.0964. The Kier molecular flexibility index (Phi) is 4.86. The second-order valence-corrected chi connectivity index (χ2v) is 7.59. The van der Waals surface area contributed by atoms with E-state index in [1.165, 1.54) is 4.68 Å².